The van der Waals surface area contributed by atoms with Gasteiger partial charge in [0.05, 0.1) is 0 Å². The van der Waals surface area contributed by atoms with Crippen molar-refractivity contribution in [3.8, 4) is 0 Å². The summed E-state index contributed by atoms with van der Waals surface area (Å²) in [6, 6.07) is 0. The van der Waals surface area contributed by atoms with Crippen LogP contribution in [0.2, 0.25) is 0 Å². The molecule has 0 amide bonds. The van der Waals surface area contributed by atoms with Gasteiger partial charge in [-0.2, -0.15) is 0 Å². The lowest BCUT2D eigenvalue weighted by atomic mass is 10.0. The van der Waals surface area contributed by atoms with E-state index >= 15 is 0 Å². The molecule has 0 saturated carbocycles. The lowest BCUT2D eigenvalue weighted by Gasteiger charge is -2.18. The van der Waals surface area contributed by atoms with Gasteiger partial charge in [0.2, 0.25) is 0 Å². The predicted molar refractivity (Wildman–Crippen MR) is 303 cm³/mol. The van der Waals surface area contributed by atoms with Crippen LogP contribution in [0.1, 0.15) is 362 Å². The van der Waals surface area contributed by atoms with Crippen molar-refractivity contribution in [1.82, 2.24) is 0 Å². The first-order valence-corrected chi connectivity index (χ1v) is 31.7. The molecule has 0 radical (unpaired) electrons. The maximum Gasteiger partial charge on any atom is 0.306 e. The van der Waals surface area contributed by atoms with Crippen molar-refractivity contribution in [3.05, 3.63) is 0 Å². The van der Waals surface area contributed by atoms with Crippen molar-refractivity contribution in [2.45, 2.75) is 368 Å². The number of carbonyl (C=O) groups excluding carboxylic acids is 3. The zero-order valence-electron chi connectivity index (χ0n) is 48.2. The molecule has 416 valence electrons. The van der Waals surface area contributed by atoms with Gasteiger partial charge in [0, 0.05) is 19.3 Å². The van der Waals surface area contributed by atoms with Gasteiger partial charge in [-0.3, -0.25) is 14.4 Å². The van der Waals surface area contributed by atoms with Crippen molar-refractivity contribution >= 4 is 17.9 Å². The number of esters is 3. The Morgan fingerprint density at radius 2 is 0.471 bits per heavy atom. The number of ether oxygens (including phenoxy) is 3. The van der Waals surface area contributed by atoms with Crippen LogP contribution in [0.15, 0.2) is 0 Å². The molecule has 0 saturated heterocycles. The van der Waals surface area contributed by atoms with Crippen molar-refractivity contribution < 1.29 is 28.6 Å². The van der Waals surface area contributed by atoms with Crippen LogP contribution in [0, 0.1) is 11.8 Å². The van der Waals surface area contributed by atoms with E-state index in [1.54, 1.807) is 0 Å². The average molecular weight is 990 g/mol. The second-order valence-corrected chi connectivity index (χ2v) is 23.0. The van der Waals surface area contributed by atoms with Crippen LogP contribution in [-0.2, 0) is 28.6 Å². The summed E-state index contributed by atoms with van der Waals surface area (Å²) < 4.78 is 17.0. The molecule has 0 bridgehead atoms. The molecule has 6 heteroatoms. The molecule has 0 unspecified atom stereocenters. The molecular weight excluding hydrogens is 865 g/mol. The summed E-state index contributed by atoms with van der Waals surface area (Å²) in [6.07, 6.45) is 62.4. The van der Waals surface area contributed by atoms with E-state index in [4.69, 9.17) is 14.2 Å². The lowest BCUT2D eigenvalue weighted by Crippen LogP contribution is -2.30. The SMILES string of the molecule is CCCCCCCCCCCCCCCCCCCCC(=O)O[C@@H](COC(=O)CCCCCCCCCCCCCCCCCCC(C)C)COC(=O)CCCCCCCCCCCCCCC(C)C. The van der Waals surface area contributed by atoms with Crippen LogP contribution >= 0.6 is 0 Å². The van der Waals surface area contributed by atoms with Crippen LogP contribution < -0.4 is 0 Å². The Bertz CT molecular complexity index is 1070. The van der Waals surface area contributed by atoms with E-state index in [0.29, 0.717) is 19.3 Å². The summed E-state index contributed by atoms with van der Waals surface area (Å²) in [7, 11) is 0. The molecule has 0 N–H and O–H groups in total. The first-order chi connectivity index (χ1) is 34.2. The van der Waals surface area contributed by atoms with Gasteiger partial charge in [-0.15, -0.1) is 0 Å². The molecule has 0 aromatic rings. The molecule has 0 aliphatic heterocycles. The molecule has 0 fully saturated rings. The average Bonchev–Trinajstić information content (AvgIpc) is 3.33. The van der Waals surface area contributed by atoms with Gasteiger partial charge < -0.3 is 14.2 Å². The summed E-state index contributed by atoms with van der Waals surface area (Å²) in [5.74, 6) is 0.855. The zero-order valence-corrected chi connectivity index (χ0v) is 48.2. The fourth-order valence-electron chi connectivity index (χ4n) is 9.93. The minimum atomic E-state index is -0.764. The Balaban J connectivity index is 4.28. The second-order valence-electron chi connectivity index (χ2n) is 23.0. The third kappa shape index (κ3) is 57.3. The zero-order chi connectivity index (χ0) is 51.1. The van der Waals surface area contributed by atoms with Gasteiger partial charge in [-0.05, 0) is 31.1 Å². The molecule has 0 aliphatic carbocycles. The van der Waals surface area contributed by atoms with E-state index < -0.39 is 6.10 Å². The van der Waals surface area contributed by atoms with E-state index in [1.807, 2.05) is 0 Å². The first kappa shape index (κ1) is 68.4. The highest BCUT2D eigenvalue weighted by molar-refractivity contribution is 5.71. The summed E-state index contributed by atoms with van der Waals surface area (Å²) in [5.41, 5.74) is 0. The van der Waals surface area contributed by atoms with Crippen LogP contribution in [0.3, 0.4) is 0 Å². The Hall–Kier alpha value is -1.59. The molecular formula is C64H124O6. The van der Waals surface area contributed by atoms with E-state index in [-0.39, 0.29) is 31.1 Å². The normalized spacial score (nSPS) is 12.0. The minimum absolute atomic E-state index is 0.0620. The standard InChI is InChI=1S/C64H124O6/c1-6-7-8-9-10-11-12-13-14-15-16-21-24-31-36-41-46-51-56-64(67)70-61(58-69-63(66)55-50-45-40-35-30-26-25-28-33-38-43-48-53-60(4)5)57-68-62(65)54-49-44-39-34-29-23-20-18-17-19-22-27-32-37-42-47-52-59(2)3/h59-61H,6-58H2,1-5H3/t61-/m0/s1. The van der Waals surface area contributed by atoms with E-state index in [1.165, 1.54) is 250 Å². The first-order valence-electron chi connectivity index (χ1n) is 31.7. The highest BCUT2D eigenvalue weighted by Gasteiger charge is 2.19. The topological polar surface area (TPSA) is 78.9 Å². The number of hydrogen-bond donors (Lipinski definition) is 0. The quantitative estimate of drug-likeness (QED) is 0.0343. The Kier molecular flexibility index (Phi) is 55.4. The van der Waals surface area contributed by atoms with Crippen molar-refractivity contribution in [2.24, 2.45) is 11.8 Å². The van der Waals surface area contributed by atoms with Gasteiger partial charge in [0.15, 0.2) is 6.10 Å². The third-order valence-corrected chi connectivity index (χ3v) is 14.7. The highest BCUT2D eigenvalue weighted by Crippen LogP contribution is 2.19. The molecule has 0 aromatic heterocycles. The van der Waals surface area contributed by atoms with E-state index in [0.717, 1.165) is 69.6 Å². The summed E-state index contributed by atoms with van der Waals surface area (Å²) in [5, 5.41) is 0. The van der Waals surface area contributed by atoms with Crippen LogP contribution in [-0.4, -0.2) is 37.2 Å². The Morgan fingerprint density at radius 1 is 0.271 bits per heavy atom. The maximum atomic E-state index is 12.9. The van der Waals surface area contributed by atoms with Crippen LogP contribution in [0.5, 0.6) is 0 Å². The van der Waals surface area contributed by atoms with Crippen molar-refractivity contribution in [1.29, 1.82) is 0 Å². The van der Waals surface area contributed by atoms with Crippen LogP contribution in [0.25, 0.3) is 0 Å². The molecule has 0 aromatic carbocycles. The smallest absolute Gasteiger partial charge is 0.306 e. The second kappa shape index (κ2) is 56.7. The lowest BCUT2D eigenvalue weighted by molar-refractivity contribution is -0.167. The van der Waals surface area contributed by atoms with Gasteiger partial charge in [0.25, 0.3) is 0 Å². The van der Waals surface area contributed by atoms with Gasteiger partial charge in [-0.25, -0.2) is 0 Å². The molecule has 70 heavy (non-hydrogen) atoms. The molecule has 0 aliphatic rings. The number of unbranched alkanes of at least 4 members (excludes halogenated alkanes) is 43. The van der Waals surface area contributed by atoms with E-state index in [9.17, 15) is 14.4 Å². The minimum Gasteiger partial charge on any atom is -0.462 e. The summed E-state index contributed by atoms with van der Waals surface area (Å²) in [6.45, 7) is 11.4. The number of rotatable bonds is 58. The van der Waals surface area contributed by atoms with Gasteiger partial charge in [0.1, 0.15) is 13.2 Å². The monoisotopic (exact) mass is 989 g/mol. The van der Waals surface area contributed by atoms with Gasteiger partial charge in [-0.1, -0.05) is 324 Å². The summed E-state index contributed by atoms with van der Waals surface area (Å²) >= 11 is 0. The number of carbonyl (C=O) groups is 3. The fraction of sp³-hybridized carbons (Fsp3) is 0.953. The highest BCUT2D eigenvalue weighted by atomic mass is 16.6. The Labute approximate surface area is 438 Å². The third-order valence-electron chi connectivity index (χ3n) is 14.7. The predicted octanol–water partition coefficient (Wildman–Crippen LogP) is 21.2. The van der Waals surface area contributed by atoms with Crippen molar-refractivity contribution in [2.75, 3.05) is 13.2 Å². The fourth-order valence-corrected chi connectivity index (χ4v) is 9.93. The maximum absolute atomic E-state index is 12.9. The molecule has 0 rings (SSSR count). The molecule has 0 heterocycles. The summed E-state index contributed by atoms with van der Waals surface area (Å²) in [4.78, 5) is 38.3. The molecule has 1 atom stereocenters. The van der Waals surface area contributed by atoms with E-state index in [2.05, 4.69) is 34.6 Å². The Morgan fingerprint density at radius 3 is 0.700 bits per heavy atom. The van der Waals surface area contributed by atoms with Crippen molar-refractivity contribution in [3.63, 3.8) is 0 Å². The number of hydrogen-bond acceptors (Lipinski definition) is 6. The van der Waals surface area contributed by atoms with Crippen LogP contribution in [0.4, 0.5) is 0 Å². The largest absolute Gasteiger partial charge is 0.462 e. The molecule has 0 spiro atoms. The van der Waals surface area contributed by atoms with Gasteiger partial charge >= 0.3 is 17.9 Å². The molecule has 6 nitrogen and oxygen atoms in total.